The molecule has 0 saturated carbocycles. The molecule has 0 aliphatic heterocycles. The number of hydrogen-bond acceptors (Lipinski definition) is 3. The summed E-state index contributed by atoms with van der Waals surface area (Å²) in [5, 5.41) is 9.33. The first-order chi connectivity index (χ1) is 11.5. The van der Waals surface area contributed by atoms with E-state index in [1.807, 2.05) is 36.4 Å². The third kappa shape index (κ3) is 3.40. The molecule has 0 aliphatic rings. The number of aromatic amines is 1. The number of rotatable bonds is 6. The van der Waals surface area contributed by atoms with Crippen LogP contribution in [0.25, 0.3) is 11.0 Å². The zero-order valence-electron chi connectivity index (χ0n) is 13.7. The lowest BCUT2D eigenvalue weighted by Crippen LogP contribution is -2.11. The number of aromatic nitrogens is 2. The quantitative estimate of drug-likeness (QED) is 0.703. The molecule has 1 atom stereocenters. The monoisotopic (exact) mass is 324 g/mol. The van der Waals surface area contributed by atoms with Gasteiger partial charge in [0.25, 0.3) is 0 Å². The fourth-order valence-electron chi connectivity index (χ4n) is 2.73. The molecule has 0 aliphatic carbocycles. The van der Waals surface area contributed by atoms with Gasteiger partial charge >= 0.3 is 5.97 Å². The van der Waals surface area contributed by atoms with Crippen LogP contribution in [0.15, 0.2) is 48.7 Å². The van der Waals surface area contributed by atoms with E-state index in [2.05, 4.69) is 23.8 Å². The Bertz CT molecular complexity index is 840. The SMILES string of the molecule is CC(C)CC(Oc1ccccc1)c1cc2nccc(C(=O)O)c2[nH]1. The van der Waals surface area contributed by atoms with Gasteiger partial charge in [-0.05, 0) is 36.6 Å². The third-order valence-corrected chi connectivity index (χ3v) is 3.83. The second kappa shape index (κ2) is 6.74. The molecule has 0 bridgehead atoms. The van der Waals surface area contributed by atoms with Crippen LogP contribution in [0.4, 0.5) is 0 Å². The minimum atomic E-state index is -0.972. The molecule has 0 amide bonds. The number of pyridine rings is 1. The highest BCUT2D eigenvalue weighted by atomic mass is 16.5. The van der Waals surface area contributed by atoms with Crippen LogP contribution >= 0.6 is 0 Å². The number of carboxylic acids is 1. The minimum absolute atomic E-state index is 0.191. The predicted octanol–water partition coefficient (Wildman–Crippen LogP) is 4.43. The van der Waals surface area contributed by atoms with Crippen LogP contribution in [-0.2, 0) is 0 Å². The van der Waals surface area contributed by atoms with Gasteiger partial charge in [-0.15, -0.1) is 0 Å². The normalized spacial score (nSPS) is 12.5. The number of benzene rings is 1. The fourth-order valence-corrected chi connectivity index (χ4v) is 2.73. The Kier molecular flexibility index (Phi) is 4.51. The molecule has 0 saturated heterocycles. The van der Waals surface area contributed by atoms with Crippen molar-refractivity contribution in [3.63, 3.8) is 0 Å². The molecule has 0 spiro atoms. The minimum Gasteiger partial charge on any atom is -0.484 e. The molecular weight excluding hydrogens is 304 g/mol. The van der Waals surface area contributed by atoms with Crippen molar-refractivity contribution in [1.29, 1.82) is 0 Å². The van der Waals surface area contributed by atoms with Crippen LogP contribution in [0.2, 0.25) is 0 Å². The topological polar surface area (TPSA) is 75.2 Å². The lowest BCUT2D eigenvalue weighted by atomic mass is 10.0. The third-order valence-electron chi connectivity index (χ3n) is 3.83. The maximum Gasteiger partial charge on any atom is 0.337 e. The summed E-state index contributed by atoms with van der Waals surface area (Å²) in [5.41, 5.74) is 2.22. The van der Waals surface area contributed by atoms with Gasteiger partial charge in [0.05, 0.1) is 22.3 Å². The number of para-hydroxylation sites is 1. The van der Waals surface area contributed by atoms with Crippen LogP contribution < -0.4 is 4.74 Å². The lowest BCUT2D eigenvalue weighted by Gasteiger charge is -2.20. The van der Waals surface area contributed by atoms with E-state index in [1.54, 1.807) is 0 Å². The van der Waals surface area contributed by atoms with Crippen molar-refractivity contribution in [2.75, 3.05) is 0 Å². The average Bonchev–Trinajstić information content (AvgIpc) is 2.98. The maximum atomic E-state index is 11.4. The summed E-state index contributed by atoms with van der Waals surface area (Å²) in [4.78, 5) is 18.9. The van der Waals surface area contributed by atoms with Crippen molar-refractivity contribution >= 4 is 17.0 Å². The zero-order chi connectivity index (χ0) is 17.1. The van der Waals surface area contributed by atoms with Crippen molar-refractivity contribution in [2.24, 2.45) is 5.92 Å². The van der Waals surface area contributed by atoms with E-state index >= 15 is 0 Å². The lowest BCUT2D eigenvalue weighted by molar-refractivity contribution is 0.0698. The van der Waals surface area contributed by atoms with Crippen molar-refractivity contribution in [3.8, 4) is 5.75 Å². The standard InChI is InChI=1S/C19H20N2O3/c1-12(2)10-17(24-13-6-4-3-5-7-13)15-11-16-18(21-15)14(19(22)23)8-9-20-16/h3-9,11-12,17,21H,10H2,1-2H3,(H,22,23). The molecule has 124 valence electrons. The summed E-state index contributed by atoms with van der Waals surface area (Å²) in [6, 6.07) is 13.0. The largest absolute Gasteiger partial charge is 0.484 e. The molecule has 2 N–H and O–H groups in total. The highest BCUT2D eigenvalue weighted by molar-refractivity contribution is 6.00. The van der Waals surface area contributed by atoms with E-state index in [4.69, 9.17) is 4.74 Å². The first-order valence-corrected chi connectivity index (χ1v) is 7.97. The van der Waals surface area contributed by atoms with Gasteiger partial charge in [-0.3, -0.25) is 4.98 Å². The van der Waals surface area contributed by atoms with Crippen LogP contribution in [0.3, 0.4) is 0 Å². The summed E-state index contributed by atoms with van der Waals surface area (Å²) in [6.45, 7) is 4.26. The molecule has 24 heavy (non-hydrogen) atoms. The smallest absolute Gasteiger partial charge is 0.337 e. The van der Waals surface area contributed by atoms with E-state index < -0.39 is 5.97 Å². The van der Waals surface area contributed by atoms with Crippen molar-refractivity contribution in [1.82, 2.24) is 9.97 Å². The number of ether oxygens (including phenoxy) is 1. The van der Waals surface area contributed by atoms with Crippen LogP contribution in [-0.4, -0.2) is 21.0 Å². The highest BCUT2D eigenvalue weighted by Gasteiger charge is 2.20. The summed E-state index contributed by atoms with van der Waals surface area (Å²) in [7, 11) is 0. The Morgan fingerprint density at radius 3 is 2.67 bits per heavy atom. The van der Waals surface area contributed by atoms with Gasteiger partial charge in [-0.2, -0.15) is 0 Å². The second-order valence-corrected chi connectivity index (χ2v) is 6.20. The fraction of sp³-hybridized carbons (Fsp3) is 0.263. The van der Waals surface area contributed by atoms with Gasteiger partial charge in [0.15, 0.2) is 0 Å². The number of fused-ring (bicyclic) bond motifs is 1. The van der Waals surface area contributed by atoms with Gasteiger partial charge < -0.3 is 14.8 Å². The molecule has 1 unspecified atom stereocenters. The van der Waals surface area contributed by atoms with E-state index in [-0.39, 0.29) is 11.7 Å². The Labute approximate surface area is 140 Å². The number of carbonyl (C=O) groups is 1. The molecule has 3 aromatic rings. The zero-order valence-corrected chi connectivity index (χ0v) is 13.7. The highest BCUT2D eigenvalue weighted by Crippen LogP contribution is 2.29. The first kappa shape index (κ1) is 16.1. The van der Waals surface area contributed by atoms with Crippen molar-refractivity contribution < 1.29 is 14.6 Å². The molecule has 0 fully saturated rings. The van der Waals surface area contributed by atoms with Crippen LogP contribution in [0, 0.1) is 5.92 Å². The molecule has 2 aromatic heterocycles. The number of hydrogen-bond donors (Lipinski definition) is 2. The van der Waals surface area contributed by atoms with E-state index in [9.17, 15) is 9.90 Å². The Hall–Kier alpha value is -2.82. The number of nitrogens with one attached hydrogen (secondary N) is 1. The van der Waals surface area contributed by atoms with Gasteiger partial charge in [0.2, 0.25) is 0 Å². The molecular formula is C19H20N2O3. The van der Waals surface area contributed by atoms with Gasteiger partial charge in [0.1, 0.15) is 11.9 Å². The summed E-state index contributed by atoms with van der Waals surface area (Å²) < 4.78 is 6.13. The Balaban J connectivity index is 1.99. The number of nitrogens with zero attached hydrogens (tertiary/aromatic N) is 1. The maximum absolute atomic E-state index is 11.4. The van der Waals surface area contributed by atoms with E-state index in [0.717, 1.165) is 17.9 Å². The summed E-state index contributed by atoms with van der Waals surface area (Å²) in [6.07, 6.45) is 2.13. The van der Waals surface area contributed by atoms with E-state index in [1.165, 1.54) is 12.3 Å². The number of carboxylic acid groups (broad SMARTS) is 1. The van der Waals surface area contributed by atoms with Crippen LogP contribution in [0.5, 0.6) is 5.75 Å². The Morgan fingerprint density at radius 1 is 1.25 bits per heavy atom. The average molecular weight is 324 g/mol. The number of aromatic carboxylic acids is 1. The molecule has 3 rings (SSSR count). The molecule has 2 heterocycles. The van der Waals surface area contributed by atoms with Crippen LogP contribution in [0.1, 0.15) is 42.4 Å². The predicted molar refractivity (Wildman–Crippen MR) is 92.3 cm³/mol. The first-order valence-electron chi connectivity index (χ1n) is 7.97. The molecule has 5 heteroatoms. The second-order valence-electron chi connectivity index (χ2n) is 6.20. The summed E-state index contributed by atoms with van der Waals surface area (Å²) in [5.74, 6) is 0.241. The molecule has 0 radical (unpaired) electrons. The summed E-state index contributed by atoms with van der Waals surface area (Å²) >= 11 is 0. The van der Waals surface area contributed by atoms with E-state index in [0.29, 0.717) is 17.0 Å². The Morgan fingerprint density at radius 2 is 2.00 bits per heavy atom. The molecule has 1 aromatic carbocycles. The van der Waals surface area contributed by atoms with Crippen molar-refractivity contribution in [3.05, 3.63) is 59.9 Å². The molecule has 5 nitrogen and oxygen atoms in total. The van der Waals surface area contributed by atoms with Gasteiger partial charge in [0, 0.05) is 6.20 Å². The van der Waals surface area contributed by atoms with Gasteiger partial charge in [-0.25, -0.2) is 4.79 Å². The van der Waals surface area contributed by atoms with Gasteiger partial charge in [-0.1, -0.05) is 32.0 Å². The van der Waals surface area contributed by atoms with Crippen molar-refractivity contribution in [2.45, 2.75) is 26.4 Å². The number of H-pyrrole nitrogens is 1.